The summed E-state index contributed by atoms with van der Waals surface area (Å²) in [5, 5.41) is 1.75. The van der Waals surface area contributed by atoms with Gasteiger partial charge in [-0.15, -0.1) is 0 Å². The topological polar surface area (TPSA) is 76.7 Å². The van der Waals surface area contributed by atoms with Crippen LogP contribution >= 0.6 is 0 Å². The number of benzene rings is 1. The van der Waals surface area contributed by atoms with Crippen LogP contribution in [-0.4, -0.2) is 14.5 Å². The van der Waals surface area contributed by atoms with Gasteiger partial charge in [0, 0.05) is 29.5 Å². The summed E-state index contributed by atoms with van der Waals surface area (Å²) in [7, 11) is 1.96. The average Bonchev–Trinajstić information content (AvgIpc) is 2.74. The largest absolute Gasteiger partial charge is 0.383 e. The quantitative estimate of drug-likeness (QED) is 0.635. The summed E-state index contributed by atoms with van der Waals surface area (Å²) in [5.41, 5.74) is 7.10. The van der Waals surface area contributed by atoms with Gasteiger partial charge < -0.3 is 15.3 Å². The van der Waals surface area contributed by atoms with Crippen LogP contribution in [-0.2, 0) is 7.05 Å². The Morgan fingerprint density at radius 3 is 2.67 bits per heavy atom. The van der Waals surface area contributed by atoms with Crippen LogP contribution in [0.25, 0.3) is 21.8 Å². The van der Waals surface area contributed by atoms with Crippen LogP contribution < -0.4 is 11.4 Å². The summed E-state index contributed by atoms with van der Waals surface area (Å²) in [6.07, 6.45) is 1.94. The van der Waals surface area contributed by atoms with Crippen LogP contribution in [0.15, 0.2) is 29.2 Å². The molecule has 0 bridgehead atoms. The van der Waals surface area contributed by atoms with Gasteiger partial charge in [-0.1, -0.05) is 13.8 Å². The number of nitrogens with one attached hydrogen (secondary N) is 1. The molecule has 0 unspecified atom stereocenters. The maximum Gasteiger partial charge on any atom is 0.347 e. The fourth-order valence-electron chi connectivity index (χ4n) is 2.00. The van der Waals surface area contributed by atoms with Crippen molar-refractivity contribution < 1.29 is 0 Å². The van der Waals surface area contributed by atoms with E-state index in [2.05, 4.69) is 9.97 Å². The zero-order chi connectivity index (χ0) is 13.3. The van der Waals surface area contributed by atoms with E-state index in [1.807, 2.05) is 49.9 Å². The first-order chi connectivity index (χ1) is 8.66. The molecule has 3 N–H and O–H groups in total. The minimum atomic E-state index is -0.415. The summed E-state index contributed by atoms with van der Waals surface area (Å²) in [5.74, 6) is 0.268. The van der Waals surface area contributed by atoms with Gasteiger partial charge >= 0.3 is 5.69 Å². The Hall–Kier alpha value is -2.30. The van der Waals surface area contributed by atoms with Crippen molar-refractivity contribution in [1.29, 1.82) is 0 Å². The standard InChI is InChI=1S/C11H10N4O.C2H6/c1-15-5-4-6-8(15)3-2-7-9(6)13-11(16)14-10(7)12;1-2/h2-5H,1H3,(H3,12,13,14,16);1-2H3. The van der Waals surface area contributed by atoms with Gasteiger partial charge in [0.05, 0.1) is 5.52 Å². The smallest absolute Gasteiger partial charge is 0.347 e. The average molecular weight is 244 g/mol. The first-order valence-corrected chi connectivity index (χ1v) is 5.90. The second-order valence-corrected chi connectivity index (χ2v) is 3.77. The fraction of sp³-hybridized carbons (Fsp3) is 0.231. The molecule has 0 atom stereocenters. The molecule has 0 aliphatic rings. The highest BCUT2D eigenvalue weighted by Gasteiger charge is 2.07. The number of aromatic amines is 1. The molecule has 0 saturated carbocycles. The van der Waals surface area contributed by atoms with Crippen LogP contribution in [0.5, 0.6) is 0 Å². The Morgan fingerprint density at radius 1 is 1.22 bits per heavy atom. The molecule has 94 valence electrons. The van der Waals surface area contributed by atoms with E-state index in [-0.39, 0.29) is 5.82 Å². The molecule has 5 heteroatoms. The second kappa shape index (κ2) is 4.52. The van der Waals surface area contributed by atoms with Crippen LogP contribution in [0.3, 0.4) is 0 Å². The zero-order valence-electron chi connectivity index (χ0n) is 10.7. The first kappa shape index (κ1) is 12.2. The molecule has 0 saturated heterocycles. The van der Waals surface area contributed by atoms with E-state index in [1.165, 1.54) is 0 Å². The summed E-state index contributed by atoms with van der Waals surface area (Å²) in [6.45, 7) is 4.00. The van der Waals surface area contributed by atoms with Crippen molar-refractivity contribution in [2.75, 3.05) is 5.73 Å². The lowest BCUT2D eigenvalue weighted by atomic mass is 10.1. The molecule has 0 aliphatic carbocycles. The molecule has 3 aromatic rings. The minimum absolute atomic E-state index is 0.268. The number of H-pyrrole nitrogens is 1. The number of rotatable bonds is 0. The number of hydrogen-bond acceptors (Lipinski definition) is 3. The van der Waals surface area contributed by atoms with Crippen molar-refractivity contribution in [2.24, 2.45) is 7.05 Å². The summed E-state index contributed by atoms with van der Waals surface area (Å²) < 4.78 is 1.99. The second-order valence-electron chi connectivity index (χ2n) is 3.77. The van der Waals surface area contributed by atoms with Gasteiger partial charge in [-0.25, -0.2) is 4.79 Å². The highest BCUT2D eigenvalue weighted by molar-refractivity contribution is 6.07. The lowest BCUT2D eigenvalue weighted by molar-refractivity contribution is 0.969. The monoisotopic (exact) mass is 244 g/mol. The van der Waals surface area contributed by atoms with E-state index in [4.69, 9.17) is 5.73 Å². The molecular formula is C13H16N4O. The maximum atomic E-state index is 11.3. The third kappa shape index (κ3) is 1.73. The van der Waals surface area contributed by atoms with Gasteiger partial charge in [0.15, 0.2) is 0 Å². The SMILES string of the molecule is CC.Cn1ccc2c3[nH]c(=O)nc(N)c3ccc21. The van der Waals surface area contributed by atoms with Gasteiger partial charge in [-0.3, -0.25) is 0 Å². The normalized spacial score (nSPS) is 10.4. The van der Waals surface area contributed by atoms with Gasteiger partial charge in [-0.05, 0) is 18.2 Å². The number of hydrogen-bond donors (Lipinski definition) is 2. The lowest BCUT2D eigenvalue weighted by Gasteiger charge is -2.02. The van der Waals surface area contributed by atoms with E-state index < -0.39 is 5.69 Å². The van der Waals surface area contributed by atoms with E-state index in [0.29, 0.717) is 0 Å². The lowest BCUT2D eigenvalue weighted by Crippen LogP contribution is -2.12. The van der Waals surface area contributed by atoms with E-state index in [9.17, 15) is 4.79 Å². The Morgan fingerprint density at radius 2 is 1.94 bits per heavy atom. The van der Waals surface area contributed by atoms with Crippen LogP contribution in [0.2, 0.25) is 0 Å². The van der Waals surface area contributed by atoms with Gasteiger partial charge in [0.1, 0.15) is 5.82 Å². The maximum absolute atomic E-state index is 11.3. The fourth-order valence-corrected chi connectivity index (χ4v) is 2.00. The van der Waals surface area contributed by atoms with Crippen molar-refractivity contribution in [1.82, 2.24) is 14.5 Å². The number of aromatic nitrogens is 3. The molecule has 2 heterocycles. The molecule has 18 heavy (non-hydrogen) atoms. The van der Waals surface area contributed by atoms with Crippen molar-refractivity contribution in [3.05, 3.63) is 34.9 Å². The molecule has 3 rings (SSSR count). The molecule has 5 nitrogen and oxygen atoms in total. The third-order valence-corrected chi connectivity index (χ3v) is 2.80. The Balaban J connectivity index is 0.000000574. The molecular weight excluding hydrogens is 228 g/mol. The molecule has 1 aromatic carbocycles. The summed E-state index contributed by atoms with van der Waals surface area (Å²) in [4.78, 5) is 17.7. The molecule has 0 spiro atoms. The minimum Gasteiger partial charge on any atom is -0.383 e. The van der Waals surface area contributed by atoms with Crippen LogP contribution in [0, 0.1) is 0 Å². The van der Waals surface area contributed by atoms with Crippen LogP contribution in [0.1, 0.15) is 13.8 Å². The van der Waals surface area contributed by atoms with E-state index in [0.717, 1.165) is 21.8 Å². The third-order valence-electron chi connectivity index (χ3n) is 2.80. The molecule has 0 fully saturated rings. The number of aryl methyl sites for hydroxylation is 1. The molecule has 2 aromatic heterocycles. The van der Waals surface area contributed by atoms with Gasteiger partial charge in [0.25, 0.3) is 0 Å². The number of nitrogens with two attached hydrogens (primary N) is 1. The van der Waals surface area contributed by atoms with Gasteiger partial charge in [0.2, 0.25) is 0 Å². The molecule has 0 amide bonds. The number of nitrogens with zero attached hydrogens (tertiary/aromatic N) is 2. The van der Waals surface area contributed by atoms with E-state index in [1.54, 1.807) is 0 Å². The first-order valence-electron chi connectivity index (χ1n) is 5.90. The number of fused-ring (bicyclic) bond motifs is 3. The van der Waals surface area contributed by atoms with E-state index >= 15 is 0 Å². The molecule has 0 radical (unpaired) electrons. The molecule has 0 aliphatic heterocycles. The van der Waals surface area contributed by atoms with Crippen LogP contribution in [0.4, 0.5) is 5.82 Å². The zero-order valence-corrected chi connectivity index (χ0v) is 10.7. The van der Waals surface area contributed by atoms with Crippen molar-refractivity contribution >= 4 is 27.6 Å². The predicted molar refractivity (Wildman–Crippen MR) is 74.6 cm³/mol. The van der Waals surface area contributed by atoms with Crippen molar-refractivity contribution in [2.45, 2.75) is 13.8 Å². The number of anilines is 1. The van der Waals surface area contributed by atoms with Crippen molar-refractivity contribution in [3.63, 3.8) is 0 Å². The van der Waals surface area contributed by atoms with Gasteiger partial charge in [-0.2, -0.15) is 4.98 Å². The Bertz CT molecular complexity index is 755. The predicted octanol–water partition coefficient (Wildman–Crippen LogP) is 2.02. The highest BCUT2D eigenvalue weighted by Crippen LogP contribution is 2.25. The summed E-state index contributed by atoms with van der Waals surface area (Å²) in [6, 6.07) is 5.79. The summed E-state index contributed by atoms with van der Waals surface area (Å²) >= 11 is 0. The van der Waals surface area contributed by atoms with Crippen molar-refractivity contribution in [3.8, 4) is 0 Å². The number of nitrogen functional groups attached to an aromatic ring is 1. The Kier molecular flexibility index (Phi) is 3.06. The Labute approximate surface area is 104 Å². The highest BCUT2D eigenvalue weighted by atomic mass is 16.1.